The molecule has 0 spiro atoms. The van der Waals surface area contributed by atoms with Gasteiger partial charge in [0.2, 0.25) is 5.91 Å². The average molecular weight is 428 g/mol. The molecule has 0 aliphatic carbocycles. The van der Waals surface area contributed by atoms with Crippen molar-refractivity contribution in [2.24, 2.45) is 0 Å². The van der Waals surface area contributed by atoms with Gasteiger partial charge in [-0.2, -0.15) is 0 Å². The van der Waals surface area contributed by atoms with Gasteiger partial charge in [-0.15, -0.1) is 0 Å². The molecule has 4 aromatic rings. The summed E-state index contributed by atoms with van der Waals surface area (Å²) in [6, 6.07) is 22.8. The molecular weight excluding hydrogens is 404 g/mol. The summed E-state index contributed by atoms with van der Waals surface area (Å²) >= 11 is 0. The van der Waals surface area contributed by atoms with Crippen LogP contribution >= 0.6 is 0 Å². The van der Waals surface area contributed by atoms with Crippen LogP contribution < -0.4 is 16.6 Å². The summed E-state index contributed by atoms with van der Waals surface area (Å²) in [7, 11) is 0. The minimum absolute atomic E-state index is 0.178. The van der Waals surface area contributed by atoms with Gasteiger partial charge in [0.05, 0.1) is 5.52 Å². The molecule has 2 aromatic heterocycles. The topological polar surface area (TPSA) is 86.0 Å². The Balaban J connectivity index is 1.56. The summed E-state index contributed by atoms with van der Waals surface area (Å²) in [5.74, 6) is -0.290. The molecule has 1 amide bonds. The summed E-state index contributed by atoms with van der Waals surface area (Å²) in [6.07, 6.45) is 2.73. The molecule has 2 aromatic carbocycles. The Hall–Kier alpha value is -4.00. The van der Waals surface area contributed by atoms with Crippen molar-refractivity contribution < 1.29 is 4.79 Å². The molecule has 0 saturated carbocycles. The first-order valence-corrected chi connectivity index (χ1v) is 10.6. The number of carbonyl (C=O) groups is 1. The monoisotopic (exact) mass is 428 g/mol. The number of benzene rings is 2. The first-order chi connectivity index (χ1) is 15.6. The van der Waals surface area contributed by atoms with Gasteiger partial charge in [-0.3, -0.25) is 18.7 Å². The molecule has 0 radical (unpaired) electrons. The number of aromatic nitrogens is 3. The van der Waals surface area contributed by atoms with Gasteiger partial charge in [0.25, 0.3) is 5.56 Å². The standard InChI is InChI=1S/C25H24N4O3/c30-22(26-16-13-19-8-3-1-4-9-19)18-29-21-12-7-15-27-23(21)24(31)28(25(29)32)17-14-20-10-5-2-6-11-20/h1-12,15H,13-14,16-18H2,(H,26,30). The van der Waals surface area contributed by atoms with Crippen molar-refractivity contribution in [1.82, 2.24) is 19.4 Å². The third-order valence-electron chi connectivity index (χ3n) is 5.33. The fraction of sp³-hybridized carbons (Fsp3) is 0.200. The van der Waals surface area contributed by atoms with Gasteiger partial charge in [-0.1, -0.05) is 60.7 Å². The van der Waals surface area contributed by atoms with Crippen molar-refractivity contribution in [3.8, 4) is 0 Å². The number of hydrogen-bond donors (Lipinski definition) is 1. The number of aryl methyl sites for hydroxylation is 1. The SMILES string of the molecule is O=C(Cn1c(=O)n(CCc2ccccc2)c(=O)c2ncccc21)NCCc1ccccc1. The molecule has 0 aliphatic heterocycles. The number of nitrogens with one attached hydrogen (secondary N) is 1. The van der Waals surface area contributed by atoms with Crippen LogP contribution in [0.25, 0.3) is 11.0 Å². The first kappa shape index (κ1) is 21.2. The number of amides is 1. The quantitative estimate of drug-likeness (QED) is 0.466. The second-order valence-corrected chi connectivity index (χ2v) is 7.52. The lowest BCUT2D eigenvalue weighted by molar-refractivity contribution is -0.121. The highest BCUT2D eigenvalue weighted by Gasteiger charge is 2.16. The maximum atomic E-state index is 13.2. The van der Waals surface area contributed by atoms with Crippen LogP contribution in [0.5, 0.6) is 0 Å². The minimum Gasteiger partial charge on any atom is -0.354 e. The first-order valence-electron chi connectivity index (χ1n) is 10.6. The molecule has 7 heteroatoms. The van der Waals surface area contributed by atoms with Crippen LogP contribution in [0.15, 0.2) is 88.6 Å². The normalized spacial score (nSPS) is 10.9. The number of pyridine rings is 1. The maximum absolute atomic E-state index is 13.2. The molecule has 0 atom stereocenters. The van der Waals surface area contributed by atoms with Crippen LogP contribution in [0, 0.1) is 0 Å². The molecule has 32 heavy (non-hydrogen) atoms. The third kappa shape index (κ3) is 4.83. The summed E-state index contributed by atoms with van der Waals surface area (Å²) in [5.41, 5.74) is 1.72. The van der Waals surface area contributed by atoms with Gasteiger partial charge in [0.15, 0.2) is 5.52 Å². The van der Waals surface area contributed by atoms with Crippen molar-refractivity contribution in [2.75, 3.05) is 6.54 Å². The zero-order valence-electron chi connectivity index (χ0n) is 17.6. The minimum atomic E-state index is -0.510. The highest BCUT2D eigenvalue weighted by atomic mass is 16.2. The predicted octanol–water partition coefficient (Wildman–Crippen LogP) is 2.16. The molecular formula is C25H24N4O3. The van der Waals surface area contributed by atoms with E-state index in [1.807, 2.05) is 60.7 Å². The Labute approximate surface area is 185 Å². The van der Waals surface area contributed by atoms with Crippen molar-refractivity contribution in [2.45, 2.75) is 25.9 Å². The van der Waals surface area contributed by atoms with Crippen molar-refractivity contribution in [3.05, 3.63) is 111 Å². The zero-order valence-corrected chi connectivity index (χ0v) is 17.6. The van der Waals surface area contributed by atoms with Crippen molar-refractivity contribution in [1.29, 1.82) is 0 Å². The van der Waals surface area contributed by atoms with E-state index in [1.165, 1.54) is 15.3 Å². The molecule has 4 rings (SSSR count). The van der Waals surface area contributed by atoms with Gasteiger partial charge in [-0.05, 0) is 36.1 Å². The van der Waals surface area contributed by atoms with E-state index in [9.17, 15) is 14.4 Å². The van der Waals surface area contributed by atoms with Crippen molar-refractivity contribution in [3.63, 3.8) is 0 Å². The van der Waals surface area contributed by atoms with E-state index in [0.29, 0.717) is 24.9 Å². The molecule has 162 valence electrons. The zero-order chi connectivity index (χ0) is 22.3. The lowest BCUT2D eigenvalue weighted by Crippen LogP contribution is -2.43. The number of hydrogen-bond acceptors (Lipinski definition) is 4. The van der Waals surface area contributed by atoms with Crippen molar-refractivity contribution >= 4 is 16.9 Å². The summed E-state index contributed by atoms with van der Waals surface area (Å²) < 4.78 is 2.49. The second-order valence-electron chi connectivity index (χ2n) is 7.52. The summed E-state index contributed by atoms with van der Waals surface area (Å²) in [5, 5.41) is 2.86. The van der Waals surface area contributed by atoms with E-state index in [1.54, 1.807) is 12.1 Å². The van der Waals surface area contributed by atoms with Gasteiger partial charge >= 0.3 is 5.69 Å². The Morgan fingerprint density at radius 2 is 1.47 bits per heavy atom. The number of rotatable bonds is 8. The Kier molecular flexibility index (Phi) is 6.55. The number of fused-ring (bicyclic) bond motifs is 1. The fourth-order valence-corrected chi connectivity index (χ4v) is 3.67. The van der Waals surface area contributed by atoms with Gasteiger partial charge in [-0.25, -0.2) is 9.78 Å². The maximum Gasteiger partial charge on any atom is 0.332 e. The van der Waals surface area contributed by atoms with E-state index in [4.69, 9.17) is 0 Å². The fourth-order valence-electron chi connectivity index (χ4n) is 3.67. The Bertz CT molecular complexity index is 1330. The van der Waals surface area contributed by atoms with Crippen LogP contribution in [0.2, 0.25) is 0 Å². The summed E-state index contributed by atoms with van der Waals surface area (Å²) in [4.78, 5) is 42.9. The van der Waals surface area contributed by atoms with E-state index in [2.05, 4.69) is 10.3 Å². The smallest absolute Gasteiger partial charge is 0.332 e. The number of carbonyl (C=O) groups excluding carboxylic acids is 1. The average Bonchev–Trinajstić information content (AvgIpc) is 2.83. The van der Waals surface area contributed by atoms with Crippen LogP contribution in [-0.2, 0) is 30.7 Å². The Morgan fingerprint density at radius 3 is 2.16 bits per heavy atom. The molecule has 0 fully saturated rings. The van der Waals surface area contributed by atoms with E-state index >= 15 is 0 Å². The van der Waals surface area contributed by atoms with Crippen LogP contribution in [-0.4, -0.2) is 26.6 Å². The molecule has 0 unspecified atom stereocenters. The molecule has 0 bridgehead atoms. The molecule has 2 heterocycles. The van der Waals surface area contributed by atoms with Crippen LogP contribution in [0.1, 0.15) is 11.1 Å². The molecule has 0 saturated heterocycles. The lowest BCUT2D eigenvalue weighted by atomic mass is 10.1. The number of nitrogens with zero attached hydrogens (tertiary/aromatic N) is 3. The van der Waals surface area contributed by atoms with E-state index in [0.717, 1.165) is 11.1 Å². The largest absolute Gasteiger partial charge is 0.354 e. The van der Waals surface area contributed by atoms with E-state index in [-0.39, 0.29) is 24.5 Å². The molecule has 0 aliphatic rings. The molecule has 7 nitrogen and oxygen atoms in total. The molecule has 1 N–H and O–H groups in total. The lowest BCUT2D eigenvalue weighted by Gasteiger charge is -2.14. The van der Waals surface area contributed by atoms with Gasteiger partial charge in [0, 0.05) is 19.3 Å². The second kappa shape index (κ2) is 9.87. The van der Waals surface area contributed by atoms with E-state index < -0.39 is 11.2 Å². The van der Waals surface area contributed by atoms with Gasteiger partial charge < -0.3 is 5.32 Å². The van der Waals surface area contributed by atoms with Gasteiger partial charge in [0.1, 0.15) is 6.54 Å². The highest BCUT2D eigenvalue weighted by Crippen LogP contribution is 2.06. The Morgan fingerprint density at radius 1 is 0.812 bits per heavy atom. The van der Waals surface area contributed by atoms with Crippen LogP contribution in [0.3, 0.4) is 0 Å². The third-order valence-corrected chi connectivity index (χ3v) is 5.33. The highest BCUT2D eigenvalue weighted by molar-refractivity contribution is 5.79. The predicted molar refractivity (Wildman–Crippen MR) is 124 cm³/mol. The summed E-state index contributed by atoms with van der Waals surface area (Å²) in [6.45, 7) is 0.493. The van der Waals surface area contributed by atoms with Crippen LogP contribution in [0.4, 0.5) is 0 Å².